The average molecular weight is 349 g/mol. The monoisotopic (exact) mass is 349 g/mol. The van der Waals surface area contributed by atoms with Crippen LogP contribution in [0.15, 0.2) is 42.6 Å². The number of amides is 1. The Labute approximate surface area is 152 Å². The summed E-state index contributed by atoms with van der Waals surface area (Å²) in [4.78, 5) is 15.3. The zero-order valence-corrected chi connectivity index (χ0v) is 14.9. The van der Waals surface area contributed by atoms with Crippen molar-refractivity contribution in [1.82, 2.24) is 14.6 Å². The Balaban J connectivity index is 1.45. The van der Waals surface area contributed by atoms with Gasteiger partial charge in [-0.2, -0.15) is 0 Å². The molecule has 1 N–H and O–H groups in total. The maximum Gasteiger partial charge on any atom is 0.253 e. The summed E-state index contributed by atoms with van der Waals surface area (Å²) in [5.74, 6) is 1.51. The summed E-state index contributed by atoms with van der Waals surface area (Å²) < 4.78 is 7.39. The summed E-state index contributed by atoms with van der Waals surface area (Å²) in [5.41, 5.74) is 2.83. The fourth-order valence-electron chi connectivity index (χ4n) is 4.51. The fourth-order valence-corrected chi connectivity index (χ4v) is 4.51. The van der Waals surface area contributed by atoms with E-state index < -0.39 is 0 Å². The van der Waals surface area contributed by atoms with Gasteiger partial charge in [0.2, 0.25) is 0 Å². The fraction of sp³-hybridized carbons (Fsp3) is 0.381. The van der Waals surface area contributed by atoms with Gasteiger partial charge in [-0.3, -0.25) is 4.79 Å². The van der Waals surface area contributed by atoms with Gasteiger partial charge in [-0.25, -0.2) is 0 Å². The Kier molecular flexibility index (Phi) is 3.64. The van der Waals surface area contributed by atoms with Crippen LogP contribution >= 0.6 is 0 Å². The molecule has 5 heteroatoms. The number of methoxy groups -OCH3 is 1. The van der Waals surface area contributed by atoms with Crippen LogP contribution in [0, 0.1) is 5.92 Å². The summed E-state index contributed by atoms with van der Waals surface area (Å²) in [6, 6.07) is 12.4. The van der Waals surface area contributed by atoms with Crippen LogP contribution in [-0.2, 0) is 0 Å². The quantitative estimate of drug-likeness (QED) is 0.791. The van der Waals surface area contributed by atoms with E-state index in [9.17, 15) is 4.79 Å². The molecule has 2 aromatic heterocycles. The third kappa shape index (κ3) is 2.54. The molecular weight excluding hydrogens is 326 g/mol. The zero-order valence-electron chi connectivity index (χ0n) is 14.9. The molecule has 0 radical (unpaired) electrons. The number of piperidine rings is 3. The summed E-state index contributed by atoms with van der Waals surface area (Å²) >= 11 is 0. The molecule has 0 saturated carbocycles. The molecule has 3 aliphatic heterocycles. The molecule has 3 aliphatic rings. The van der Waals surface area contributed by atoms with Crippen LogP contribution in [0.1, 0.15) is 23.2 Å². The number of aromatic nitrogens is 1. The highest BCUT2D eigenvalue weighted by atomic mass is 16.5. The van der Waals surface area contributed by atoms with E-state index in [1.807, 2.05) is 36.5 Å². The second-order valence-corrected chi connectivity index (χ2v) is 7.50. The first-order chi connectivity index (χ1) is 12.7. The lowest BCUT2D eigenvalue weighted by molar-refractivity contribution is 0.0620. The van der Waals surface area contributed by atoms with Crippen molar-refractivity contribution >= 4 is 22.3 Å². The van der Waals surface area contributed by atoms with Crippen molar-refractivity contribution in [3.05, 3.63) is 48.2 Å². The van der Waals surface area contributed by atoms with Crippen molar-refractivity contribution in [2.45, 2.75) is 18.9 Å². The third-order valence-electron chi connectivity index (χ3n) is 6.01. The van der Waals surface area contributed by atoms with Gasteiger partial charge in [0.05, 0.1) is 18.2 Å². The first-order valence-corrected chi connectivity index (χ1v) is 9.33. The van der Waals surface area contributed by atoms with Gasteiger partial charge < -0.3 is 19.4 Å². The Morgan fingerprint density at radius 3 is 2.73 bits per heavy atom. The van der Waals surface area contributed by atoms with E-state index in [2.05, 4.69) is 20.7 Å². The van der Waals surface area contributed by atoms with Crippen molar-refractivity contribution in [1.29, 1.82) is 0 Å². The molecule has 1 amide bonds. The number of fused-ring (bicyclic) bond motifs is 6. The van der Waals surface area contributed by atoms with E-state index in [-0.39, 0.29) is 11.9 Å². The van der Waals surface area contributed by atoms with Crippen LogP contribution in [0.3, 0.4) is 0 Å². The highest BCUT2D eigenvalue weighted by Crippen LogP contribution is 2.28. The maximum absolute atomic E-state index is 12.8. The lowest BCUT2D eigenvalue weighted by atomic mass is 9.84. The van der Waals surface area contributed by atoms with Crippen molar-refractivity contribution in [3.63, 3.8) is 0 Å². The molecule has 1 aromatic carbocycles. The number of nitrogens with one attached hydrogen (secondary N) is 1. The van der Waals surface area contributed by atoms with Gasteiger partial charge in [0.1, 0.15) is 5.75 Å². The second kappa shape index (κ2) is 6.02. The number of hydrogen-bond donors (Lipinski definition) is 1. The highest BCUT2D eigenvalue weighted by Gasteiger charge is 2.35. The predicted octanol–water partition coefficient (Wildman–Crippen LogP) is 2.93. The lowest BCUT2D eigenvalue weighted by Crippen LogP contribution is -2.57. The summed E-state index contributed by atoms with van der Waals surface area (Å²) in [6.45, 7) is 3.36. The van der Waals surface area contributed by atoms with E-state index in [0.29, 0.717) is 5.92 Å². The molecule has 3 saturated heterocycles. The van der Waals surface area contributed by atoms with Crippen LogP contribution < -0.4 is 10.1 Å². The summed E-state index contributed by atoms with van der Waals surface area (Å²) in [6.07, 6.45) is 4.35. The van der Waals surface area contributed by atoms with Crippen molar-refractivity contribution in [3.8, 4) is 5.75 Å². The Bertz CT molecular complexity index is 985. The number of benzene rings is 1. The molecule has 1 atom stereocenters. The number of pyridine rings is 1. The minimum Gasteiger partial charge on any atom is -0.497 e. The van der Waals surface area contributed by atoms with Crippen LogP contribution in [0.25, 0.3) is 16.4 Å². The summed E-state index contributed by atoms with van der Waals surface area (Å²) in [5, 5.41) is 4.37. The molecule has 3 fully saturated rings. The number of carbonyl (C=O) groups is 1. The van der Waals surface area contributed by atoms with E-state index in [4.69, 9.17) is 4.74 Å². The first kappa shape index (κ1) is 15.7. The molecule has 5 heterocycles. The topological polar surface area (TPSA) is 46.0 Å². The maximum atomic E-state index is 12.8. The number of rotatable bonds is 3. The molecule has 5 nitrogen and oxygen atoms in total. The second-order valence-electron chi connectivity index (χ2n) is 7.50. The zero-order chi connectivity index (χ0) is 17.7. The van der Waals surface area contributed by atoms with E-state index >= 15 is 0 Å². The van der Waals surface area contributed by atoms with Crippen molar-refractivity contribution in [2.75, 3.05) is 26.7 Å². The smallest absolute Gasteiger partial charge is 0.253 e. The normalized spacial score (nSPS) is 24.9. The number of carbonyl (C=O) groups excluding carboxylic acids is 1. The van der Waals surface area contributed by atoms with Gasteiger partial charge in [0, 0.05) is 29.7 Å². The number of ether oxygens (including phenoxy) is 1. The predicted molar refractivity (Wildman–Crippen MR) is 102 cm³/mol. The van der Waals surface area contributed by atoms with Gasteiger partial charge in [-0.15, -0.1) is 0 Å². The SMILES string of the molecule is COc1ccc2c(ccc3cc(C(=O)N[C@H]4CN5CCC4CC5)cn32)c1. The van der Waals surface area contributed by atoms with Crippen LogP contribution in [-0.4, -0.2) is 48.0 Å². The van der Waals surface area contributed by atoms with Gasteiger partial charge in [-0.1, -0.05) is 6.07 Å². The van der Waals surface area contributed by atoms with Crippen LogP contribution in [0.4, 0.5) is 0 Å². The lowest BCUT2D eigenvalue weighted by Gasteiger charge is -2.44. The molecule has 134 valence electrons. The number of nitrogens with zero attached hydrogens (tertiary/aromatic N) is 2. The minimum absolute atomic E-state index is 0.0362. The van der Waals surface area contributed by atoms with Crippen LogP contribution in [0.5, 0.6) is 5.75 Å². The largest absolute Gasteiger partial charge is 0.497 e. The van der Waals surface area contributed by atoms with Crippen LogP contribution in [0.2, 0.25) is 0 Å². The van der Waals surface area contributed by atoms with Crippen molar-refractivity contribution < 1.29 is 9.53 Å². The van der Waals surface area contributed by atoms with Gasteiger partial charge in [0.25, 0.3) is 5.91 Å². The average Bonchev–Trinajstić information content (AvgIpc) is 3.13. The molecule has 26 heavy (non-hydrogen) atoms. The molecule has 2 bridgehead atoms. The van der Waals surface area contributed by atoms with Gasteiger partial charge >= 0.3 is 0 Å². The standard InChI is InChI=1S/C21H23N3O2/c1-26-18-4-5-20-15(11-18)2-3-17-10-16(12-24(17)20)21(25)22-19-13-23-8-6-14(19)7-9-23/h2-5,10-12,14,19H,6-9,13H2,1H3,(H,22,25)/t19-/m0/s1. The summed E-state index contributed by atoms with van der Waals surface area (Å²) in [7, 11) is 1.67. The van der Waals surface area contributed by atoms with Crippen molar-refractivity contribution in [2.24, 2.45) is 5.92 Å². The Morgan fingerprint density at radius 1 is 1.15 bits per heavy atom. The van der Waals surface area contributed by atoms with E-state index in [1.54, 1.807) is 7.11 Å². The van der Waals surface area contributed by atoms with Gasteiger partial charge in [0.15, 0.2) is 0 Å². The molecular formula is C21H23N3O2. The molecule has 0 aliphatic carbocycles. The molecule has 0 unspecified atom stereocenters. The third-order valence-corrected chi connectivity index (χ3v) is 6.01. The number of hydrogen-bond acceptors (Lipinski definition) is 3. The Hall–Kier alpha value is -2.53. The van der Waals surface area contributed by atoms with E-state index in [0.717, 1.165) is 34.3 Å². The van der Waals surface area contributed by atoms with Gasteiger partial charge in [-0.05, 0) is 62.2 Å². The highest BCUT2D eigenvalue weighted by molar-refractivity contribution is 5.97. The molecule has 6 rings (SSSR count). The first-order valence-electron chi connectivity index (χ1n) is 9.33. The molecule has 0 spiro atoms. The molecule has 3 aromatic rings. The van der Waals surface area contributed by atoms with E-state index in [1.165, 1.54) is 25.9 Å². The Morgan fingerprint density at radius 2 is 2.00 bits per heavy atom. The minimum atomic E-state index is 0.0362.